The molecule has 2 rings (SSSR count). The zero-order valence-electron chi connectivity index (χ0n) is 9.80. The number of ether oxygens (including phenoxy) is 1. The second-order valence-electron chi connectivity index (χ2n) is 4.04. The second kappa shape index (κ2) is 5.80. The Labute approximate surface area is 105 Å². The number of rotatable bonds is 5. The summed E-state index contributed by atoms with van der Waals surface area (Å²) in [4.78, 5) is 4.17. The molecule has 1 heterocycles. The third-order valence-corrected chi connectivity index (χ3v) is 3.08. The molecule has 0 saturated carbocycles. The SMILES string of the molecule is CC(N)Cc1ccc(OCc2nccs2)cc1. The fourth-order valence-electron chi connectivity index (χ4n) is 1.56. The van der Waals surface area contributed by atoms with E-state index in [9.17, 15) is 0 Å². The van der Waals surface area contributed by atoms with Crippen molar-refractivity contribution >= 4 is 11.3 Å². The van der Waals surface area contributed by atoms with Crippen molar-refractivity contribution < 1.29 is 4.74 Å². The standard InChI is InChI=1S/C13H16N2OS/c1-10(14)8-11-2-4-12(5-3-11)16-9-13-15-6-7-17-13/h2-7,10H,8-9,14H2,1H3. The molecular formula is C13H16N2OS. The zero-order valence-corrected chi connectivity index (χ0v) is 10.6. The van der Waals surface area contributed by atoms with Crippen LogP contribution in [0.15, 0.2) is 35.8 Å². The average Bonchev–Trinajstić information content (AvgIpc) is 2.80. The molecular weight excluding hydrogens is 232 g/mol. The van der Waals surface area contributed by atoms with Gasteiger partial charge in [0.25, 0.3) is 0 Å². The predicted octanol–water partition coefficient (Wildman–Crippen LogP) is 2.61. The number of aromatic nitrogens is 1. The van der Waals surface area contributed by atoms with Crippen molar-refractivity contribution in [3.8, 4) is 5.75 Å². The Bertz CT molecular complexity index is 437. The van der Waals surface area contributed by atoms with Gasteiger partial charge in [-0.15, -0.1) is 11.3 Å². The first-order valence-electron chi connectivity index (χ1n) is 5.60. The number of hydrogen-bond donors (Lipinski definition) is 1. The van der Waals surface area contributed by atoms with Crippen molar-refractivity contribution in [3.05, 3.63) is 46.4 Å². The van der Waals surface area contributed by atoms with Gasteiger partial charge in [-0.3, -0.25) is 0 Å². The van der Waals surface area contributed by atoms with Gasteiger partial charge in [-0.1, -0.05) is 12.1 Å². The van der Waals surface area contributed by atoms with Crippen LogP contribution in [0.25, 0.3) is 0 Å². The van der Waals surface area contributed by atoms with Crippen LogP contribution in [-0.2, 0) is 13.0 Å². The van der Waals surface area contributed by atoms with E-state index in [-0.39, 0.29) is 6.04 Å². The Morgan fingerprint density at radius 3 is 2.71 bits per heavy atom. The molecule has 1 atom stereocenters. The van der Waals surface area contributed by atoms with Crippen LogP contribution in [0.3, 0.4) is 0 Å². The van der Waals surface area contributed by atoms with Gasteiger partial charge in [-0.2, -0.15) is 0 Å². The van der Waals surface area contributed by atoms with E-state index in [1.54, 1.807) is 17.5 Å². The summed E-state index contributed by atoms with van der Waals surface area (Å²) in [6.45, 7) is 2.54. The molecule has 0 bridgehead atoms. The van der Waals surface area contributed by atoms with E-state index in [1.165, 1.54) is 5.56 Å². The highest BCUT2D eigenvalue weighted by molar-refractivity contribution is 7.09. The number of nitrogens with two attached hydrogens (primary N) is 1. The van der Waals surface area contributed by atoms with Crippen LogP contribution in [0.1, 0.15) is 17.5 Å². The molecule has 1 aromatic heterocycles. The lowest BCUT2D eigenvalue weighted by Gasteiger charge is -2.07. The molecule has 2 aromatic rings. The smallest absolute Gasteiger partial charge is 0.140 e. The minimum absolute atomic E-state index is 0.192. The van der Waals surface area contributed by atoms with Crippen LogP contribution in [0.2, 0.25) is 0 Å². The summed E-state index contributed by atoms with van der Waals surface area (Å²) in [5.74, 6) is 0.869. The Kier molecular flexibility index (Phi) is 4.12. The zero-order chi connectivity index (χ0) is 12.1. The fourth-order valence-corrected chi connectivity index (χ4v) is 2.09. The Morgan fingerprint density at radius 2 is 2.12 bits per heavy atom. The van der Waals surface area contributed by atoms with Crippen molar-refractivity contribution in [2.24, 2.45) is 5.73 Å². The van der Waals surface area contributed by atoms with Gasteiger partial charge >= 0.3 is 0 Å². The highest BCUT2D eigenvalue weighted by atomic mass is 32.1. The molecule has 4 heteroatoms. The summed E-state index contributed by atoms with van der Waals surface area (Å²) in [6, 6.07) is 8.26. The maximum Gasteiger partial charge on any atom is 0.140 e. The van der Waals surface area contributed by atoms with E-state index in [0.717, 1.165) is 17.2 Å². The summed E-state index contributed by atoms with van der Waals surface area (Å²) < 4.78 is 5.63. The van der Waals surface area contributed by atoms with Crippen molar-refractivity contribution in [1.29, 1.82) is 0 Å². The van der Waals surface area contributed by atoms with Gasteiger partial charge in [0.15, 0.2) is 0 Å². The summed E-state index contributed by atoms with van der Waals surface area (Å²) in [6.07, 6.45) is 2.68. The molecule has 2 N–H and O–H groups in total. The van der Waals surface area contributed by atoms with Gasteiger partial charge in [-0.05, 0) is 31.0 Å². The largest absolute Gasteiger partial charge is 0.486 e. The van der Waals surface area contributed by atoms with E-state index in [2.05, 4.69) is 17.1 Å². The highest BCUT2D eigenvalue weighted by Gasteiger charge is 2.00. The summed E-state index contributed by atoms with van der Waals surface area (Å²) in [7, 11) is 0. The average molecular weight is 248 g/mol. The molecule has 0 amide bonds. The molecule has 0 saturated heterocycles. The normalized spacial score (nSPS) is 12.4. The van der Waals surface area contributed by atoms with Gasteiger partial charge in [-0.25, -0.2) is 4.98 Å². The topological polar surface area (TPSA) is 48.1 Å². The summed E-state index contributed by atoms with van der Waals surface area (Å²) >= 11 is 1.60. The van der Waals surface area contributed by atoms with Crippen molar-refractivity contribution in [2.45, 2.75) is 26.0 Å². The van der Waals surface area contributed by atoms with E-state index in [1.807, 2.05) is 24.4 Å². The van der Waals surface area contributed by atoms with Crippen LogP contribution in [0.4, 0.5) is 0 Å². The number of thiazole rings is 1. The monoisotopic (exact) mass is 248 g/mol. The Morgan fingerprint density at radius 1 is 1.35 bits per heavy atom. The first-order chi connectivity index (χ1) is 8.24. The molecule has 0 fully saturated rings. The quantitative estimate of drug-likeness (QED) is 0.884. The lowest BCUT2D eigenvalue weighted by atomic mass is 10.1. The minimum Gasteiger partial charge on any atom is -0.486 e. The van der Waals surface area contributed by atoms with Gasteiger partial charge in [0.05, 0.1) is 0 Å². The maximum atomic E-state index is 5.75. The van der Waals surface area contributed by atoms with Gasteiger partial charge in [0.1, 0.15) is 17.4 Å². The van der Waals surface area contributed by atoms with E-state index >= 15 is 0 Å². The second-order valence-corrected chi connectivity index (χ2v) is 5.02. The Hall–Kier alpha value is -1.39. The molecule has 1 unspecified atom stereocenters. The molecule has 3 nitrogen and oxygen atoms in total. The van der Waals surface area contributed by atoms with Crippen LogP contribution in [0, 0.1) is 0 Å². The van der Waals surface area contributed by atoms with Crippen LogP contribution >= 0.6 is 11.3 Å². The molecule has 17 heavy (non-hydrogen) atoms. The van der Waals surface area contributed by atoms with Gasteiger partial charge < -0.3 is 10.5 Å². The lowest BCUT2D eigenvalue weighted by molar-refractivity contribution is 0.305. The maximum absolute atomic E-state index is 5.75. The van der Waals surface area contributed by atoms with Crippen LogP contribution in [0.5, 0.6) is 5.75 Å². The number of nitrogens with zero attached hydrogens (tertiary/aromatic N) is 1. The lowest BCUT2D eigenvalue weighted by Crippen LogP contribution is -2.17. The van der Waals surface area contributed by atoms with Gasteiger partial charge in [0.2, 0.25) is 0 Å². The molecule has 0 radical (unpaired) electrons. The molecule has 1 aromatic carbocycles. The Balaban J connectivity index is 1.89. The van der Waals surface area contributed by atoms with Gasteiger partial charge in [0, 0.05) is 17.6 Å². The minimum atomic E-state index is 0.192. The van der Waals surface area contributed by atoms with E-state index in [0.29, 0.717) is 6.61 Å². The summed E-state index contributed by atoms with van der Waals surface area (Å²) in [5, 5.41) is 2.94. The first-order valence-corrected chi connectivity index (χ1v) is 6.47. The summed E-state index contributed by atoms with van der Waals surface area (Å²) in [5.41, 5.74) is 6.98. The third kappa shape index (κ3) is 3.84. The highest BCUT2D eigenvalue weighted by Crippen LogP contribution is 2.15. The number of benzene rings is 1. The van der Waals surface area contributed by atoms with Crippen molar-refractivity contribution in [2.75, 3.05) is 0 Å². The molecule has 0 aliphatic rings. The molecule has 0 spiro atoms. The third-order valence-electron chi connectivity index (χ3n) is 2.33. The van der Waals surface area contributed by atoms with E-state index < -0.39 is 0 Å². The first kappa shape index (κ1) is 12.1. The van der Waals surface area contributed by atoms with E-state index in [4.69, 9.17) is 10.5 Å². The predicted molar refractivity (Wildman–Crippen MR) is 70.2 cm³/mol. The number of hydrogen-bond acceptors (Lipinski definition) is 4. The fraction of sp³-hybridized carbons (Fsp3) is 0.308. The molecule has 0 aliphatic heterocycles. The van der Waals surface area contributed by atoms with Crippen LogP contribution in [-0.4, -0.2) is 11.0 Å². The molecule has 0 aliphatic carbocycles. The van der Waals surface area contributed by atoms with Crippen molar-refractivity contribution in [1.82, 2.24) is 4.98 Å². The van der Waals surface area contributed by atoms with Crippen LogP contribution < -0.4 is 10.5 Å². The molecule has 90 valence electrons. The van der Waals surface area contributed by atoms with Crippen molar-refractivity contribution in [3.63, 3.8) is 0 Å².